The van der Waals surface area contributed by atoms with Gasteiger partial charge in [-0.15, -0.1) is 5.10 Å². The topological polar surface area (TPSA) is 95.7 Å². The van der Waals surface area contributed by atoms with E-state index in [-0.39, 0.29) is 30.6 Å². The SMILES string of the molecule is CCOC(=O)c1nnn(/N=C/c2ccc(Cl)cc2)c1OCC(=O)c1ccccc1. The quantitative estimate of drug-likeness (QED) is 0.320. The highest BCUT2D eigenvalue weighted by atomic mass is 35.5. The minimum atomic E-state index is -0.720. The van der Waals surface area contributed by atoms with Crippen LogP contribution in [-0.4, -0.2) is 46.3 Å². The smallest absolute Gasteiger partial charge is 0.364 e. The van der Waals surface area contributed by atoms with Crippen molar-refractivity contribution in [2.45, 2.75) is 6.92 Å². The average molecular weight is 413 g/mol. The summed E-state index contributed by atoms with van der Waals surface area (Å²) in [6.45, 7) is 1.50. The molecule has 8 nitrogen and oxygen atoms in total. The number of ether oxygens (including phenoxy) is 2. The molecule has 0 aliphatic rings. The zero-order chi connectivity index (χ0) is 20.6. The van der Waals surface area contributed by atoms with Crippen LogP contribution >= 0.6 is 11.6 Å². The molecule has 3 aromatic rings. The third-order valence-corrected chi connectivity index (χ3v) is 3.96. The summed E-state index contributed by atoms with van der Waals surface area (Å²) < 4.78 is 10.5. The number of halogens is 1. The number of hydrogen-bond donors (Lipinski definition) is 0. The van der Waals surface area contributed by atoms with Crippen LogP contribution in [0, 0.1) is 0 Å². The third kappa shape index (κ3) is 5.26. The van der Waals surface area contributed by atoms with Gasteiger partial charge in [-0.3, -0.25) is 4.79 Å². The molecular formula is C20H17ClN4O4. The molecule has 1 heterocycles. The van der Waals surface area contributed by atoms with E-state index < -0.39 is 5.97 Å². The fourth-order valence-electron chi connectivity index (χ4n) is 2.31. The molecule has 0 atom stereocenters. The molecule has 0 unspecified atom stereocenters. The summed E-state index contributed by atoms with van der Waals surface area (Å²) in [5.41, 5.74) is 1.06. The monoisotopic (exact) mass is 412 g/mol. The zero-order valence-corrected chi connectivity index (χ0v) is 16.2. The first-order valence-corrected chi connectivity index (χ1v) is 9.10. The molecule has 1 aromatic heterocycles. The van der Waals surface area contributed by atoms with Crippen molar-refractivity contribution >= 4 is 29.6 Å². The number of hydrogen-bond acceptors (Lipinski definition) is 7. The van der Waals surface area contributed by atoms with Crippen molar-refractivity contribution < 1.29 is 19.1 Å². The highest BCUT2D eigenvalue weighted by Crippen LogP contribution is 2.18. The van der Waals surface area contributed by atoms with Gasteiger partial charge < -0.3 is 9.47 Å². The fourth-order valence-corrected chi connectivity index (χ4v) is 2.43. The molecule has 0 radical (unpaired) electrons. The Morgan fingerprint density at radius 1 is 1.14 bits per heavy atom. The standard InChI is InChI=1S/C20H17ClN4O4/c1-2-28-20(27)18-19(29-13-17(26)15-6-4-3-5-7-15)25(24-23-18)22-12-14-8-10-16(21)11-9-14/h3-12H,2,13H2,1H3/b22-12+. The summed E-state index contributed by atoms with van der Waals surface area (Å²) in [4.78, 5) is 25.5. The van der Waals surface area contributed by atoms with E-state index in [1.54, 1.807) is 61.5 Å². The van der Waals surface area contributed by atoms with Gasteiger partial charge in [-0.25, -0.2) is 4.79 Å². The highest BCUT2D eigenvalue weighted by molar-refractivity contribution is 6.30. The minimum Gasteiger partial charge on any atom is -0.466 e. The fraction of sp³-hybridized carbons (Fsp3) is 0.150. The van der Waals surface area contributed by atoms with Gasteiger partial charge in [0.2, 0.25) is 5.69 Å². The molecule has 0 bridgehead atoms. The number of nitrogens with zero attached hydrogens (tertiary/aromatic N) is 4. The number of carbonyl (C=O) groups excluding carboxylic acids is 2. The van der Waals surface area contributed by atoms with E-state index in [1.807, 2.05) is 0 Å². The number of ketones is 1. The van der Waals surface area contributed by atoms with E-state index in [1.165, 1.54) is 6.21 Å². The largest absolute Gasteiger partial charge is 0.466 e. The number of esters is 1. The van der Waals surface area contributed by atoms with E-state index in [0.717, 1.165) is 10.4 Å². The molecule has 0 spiro atoms. The van der Waals surface area contributed by atoms with Crippen LogP contribution in [0.1, 0.15) is 33.3 Å². The molecule has 9 heteroatoms. The van der Waals surface area contributed by atoms with Crippen molar-refractivity contribution in [3.05, 3.63) is 76.4 Å². The second kappa shape index (κ2) is 9.61. The number of Topliss-reactive ketones (excluding diaryl/α,β-unsaturated/α-hetero) is 1. The van der Waals surface area contributed by atoms with Crippen molar-refractivity contribution in [3.8, 4) is 5.88 Å². The second-order valence-electron chi connectivity index (χ2n) is 5.73. The molecule has 0 saturated heterocycles. The van der Waals surface area contributed by atoms with Crippen molar-refractivity contribution in [2.75, 3.05) is 13.2 Å². The van der Waals surface area contributed by atoms with E-state index in [9.17, 15) is 9.59 Å². The van der Waals surface area contributed by atoms with E-state index in [2.05, 4.69) is 15.4 Å². The van der Waals surface area contributed by atoms with Crippen LogP contribution < -0.4 is 4.74 Å². The van der Waals surface area contributed by atoms with Crippen LogP contribution in [0.25, 0.3) is 0 Å². The predicted octanol–water partition coefficient (Wildman–Crippen LogP) is 3.25. The summed E-state index contributed by atoms with van der Waals surface area (Å²) in [5.74, 6) is -1.07. The number of benzene rings is 2. The maximum Gasteiger partial charge on any atom is 0.364 e. The number of aromatic nitrogens is 3. The Morgan fingerprint density at radius 3 is 2.55 bits per heavy atom. The van der Waals surface area contributed by atoms with E-state index in [4.69, 9.17) is 21.1 Å². The van der Waals surface area contributed by atoms with Gasteiger partial charge in [-0.1, -0.05) is 58.9 Å². The Morgan fingerprint density at radius 2 is 1.86 bits per heavy atom. The van der Waals surface area contributed by atoms with E-state index >= 15 is 0 Å². The highest BCUT2D eigenvalue weighted by Gasteiger charge is 2.23. The molecule has 0 N–H and O–H groups in total. The van der Waals surface area contributed by atoms with Crippen LogP contribution in [0.15, 0.2) is 59.7 Å². The molecule has 0 saturated carbocycles. The molecule has 0 fully saturated rings. The first-order valence-electron chi connectivity index (χ1n) is 8.72. The van der Waals surface area contributed by atoms with Crippen molar-refractivity contribution in [3.63, 3.8) is 0 Å². The molecule has 2 aromatic carbocycles. The second-order valence-corrected chi connectivity index (χ2v) is 6.16. The van der Waals surface area contributed by atoms with Gasteiger partial charge >= 0.3 is 5.97 Å². The van der Waals surface area contributed by atoms with Gasteiger partial charge in [0, 0.05) is 10.6 Å². The lowest BCUT2D eigenvalue weighted by molar-refractivity contribution is 0.0512. The van der Waals surface area contributed by atoms with Crippen LogP contribution in [0.5, 0.6) is 5.88 Å². The Balaban J connectivity index is 1.83. The van der Waals surface area contributed by atoms with Crippen molar-refractivity contribution in [1.82, 2.24) is 15.1 Å². The molecule has 3 rings (SSSR count). The third-order valence-electron chi connectivity index (χ3n) is 3.70. The minimum absolute atomic E-state index is 0.0852. The number of rotatable bonds is 8. The maximum absolute atomic E-state index is 12.3. The molecule has 0 amide bonds. The van der Waals surface area contributed by atoms with Crippen LogP contribution in [0.2, 0.25) is 5.02 Å². The lowest BCUT2D eigenvalue weighted by Crippen LogP contribution is -2.15. The van der Waals surface area contributed by atoms with Crippen molar-refractivity contribution in [2.24, 2.45) is 5.10 Å². The van der Waals surface area contributed by atoms with Crippen LogP contribution in [-0.2, 0) is 4.74 Å². The summed E-state index contributed by atoms with van der Waals surface area (Å²) >= 11 is 5.87. The van der Waals surface area contributed by atoms with E-state index in [0.29, 0.717) is 10.6 Å². The summed E-state index contributed by atoms with van der Waals surface area (Å²) in [6.07, 6.45) is 1.49. The first kappa shape index (κ1) is 20.2. The van der Waals surface area contributed by atoms with Gasteiger partial charge in [0.25, 0.3) is 5.88 Å². The molecule has 29 heavy (non-hydrogen) atoms. The lowest BCUT2D eigenvalue weighted by Gasteiger charge is -2.06. The van der Waals surface area contributed by atoms with Gasteiger partial charge in [-0.2, -0.15) is 5.10 Å². The Bertz CT molecular complexity index is 1020. The summed E-state index contributed by atoms with van der Waals surface area (Å²) in [5, 5.41) is 12.3. The Labute approximate surface area is 171 Å². The molecular weight excluding hydrogens is 396 g/mol. The molecule has 0 aliphatic heterocycles. The molecule has 148 valence electrons. The summed E-state index contributed by atoms with van der Waals surface area (Å²) in [7, 11) is 0. The number of carbonyl (C=O) groups is 2. The Kier molecular flexibility index (Phi) is 6.70. The van der Waals surface area contributed by atoms with Gasteiger partial charge in [0.1, 0.15) is 0 Å². The van der Waals surface area contributed by atoms with Gasteiger partial charge in [0.15, 0.2) is 12.4 Å². The maximum atomic E-state index is 12.3. The van der Waals surface area contributed by atoms with Crippen LogP contribution in [0.3, 0.4) is 0 Å². The average Bonchev–Trinajstić information content (AvgIpc) is 3.15. The Hall–Kier alpha value is -3.52. The first-order chi connectivity index (χ1) is 14.1. The normalized spacial score (nSPS) is 10.8. The zero-order valence-electron chi connectivity index (χ0n) is 15.5. The lowest BCUT2D eigenvalue weighted by atomic mass is 10.1. The van der Waals surface area contributed by atoms with Crippen LogP contribution in [0.4, 0.5) is 0 Å². The van der Waals surface area contributed by atoms with Crippen molar-refractivity contribution in [1.29, 1.82) is 0 Å². The molecule has 0 aliphatic carbocycles. The summed E-state index contributed by atoms with van der Waals surface area (Å²) in [6, 6.07) is 15.6. The predicted molar refractivity (Wildman–Crippen MR) is 107 cm³/mol. The van der Waals surface area contributed by atoms with Gasteiger partial charge in [0.05, 0.1) is 12.8 Å². The van der Waals surface area contributed by atoms with Gasteiger partial charge in [-0.05, 0) is 29.8 Å².